The molecule has 158 valence electrons. The number of benzene rings is 4. The highest BCUT2D eigenvalue weighted by atomic mass is 16.1. The number of rotatable bonds is 8. The lowest BCUT2D eigenvalue weighted by Crippen LogP contribution is -2.25. The summed E-state index contributed by atoms with van der Waals surface area (Å²) in [5.74, 6) is -0.900. The molecule has 0 aliphatic carbocycles. The van der Waals surface area contributed by atoms with Crippen molar-refractivity contribution < 1.29 is 9.59 Å². The predicted octanol–water partition coefficient (Wildman–Crippen LogP) is 6.47. The maximum atomic E-state index is 13.8. The summed E-state index contributed by atoms with van der Waals surface area (Å²) < 4.78 is 0. The molecule has 0 heterocycles. The van der Waals surface area contributed by atoms with Gasteiger partial charge < -0.3 is 5.32 Å². The van der Waals surface area contributed by atoms with Gasteiger partial charge in [0.2, 0.25) is 5.91 Å². The summed E-state index contributed by atoms with van der Waals surface area (Å²) >= 11 is 0. The van der Waals surface area contributed by atoms with Gasteiger partial charge in [-0.1, -0.05) is 109 Å². The molecule has 0 bridgehead atoms. The fourth-order valence-corrected chi connectivity index (χ4v) is 4.07. The normalized spacial score (nSPS) is 12.5. The number of Topliss-reactive ketones (excluding diaryl/α,β-unsaturated/α-hetero) is 1. The topological polar surface area (TPSA) is 46.2 Å². The summed E-state index contributed by atoms with van der Waals surface area (Å²) in [6.07, 6.45) is 0.192. The zero-order chi connectivity index (χ0) is 22.2. The molecule has 0 aliphatic heterocycles. The van der Waals surface area contributed by atoms with Crippen LogP contribution in [-0.2, 0) is 4.79 Å². The summed E-state index contributed by atoms with van der Waals surface area (Å²) in [5.41, 5.74) is 3.26. The van der Waals surface area contributed by atoms with Gasteiger partial charge >= 0.3 is 0 Å². The molecule has 32 heavy (non-hydrogen) atoms. The first-order chi connectivity index (χ1) is 15.7. The Kier molecular flexibility index (Phi) is 6.88. The standard InChI is InChI=1S/C29H25NO2/c31-27(30-25-19-11-4-12-20-25)21-26(22-13-5-1-6-14-22)28(23-15-7-2-8-16-23)29(32)24-17-9-3-10-18-24/h1-20,26,28H,21H2,(H,30,31). The van der Waals surface area contributed by atoms with E-state index in [-0.39, 0.29) is 24.0 Å². The number of anilines is 1. The Labute approximate surface area is 188 Å². The zero-order valence-electron chi connectivity index (χ0n) is 17.7. The quantitative estimate of drug-likeness (QED) is 0.333. The van der Waals surface area contributed by atoms with Gasteiger partial charge in [0.15, 0.2) is 5.78 Å². The fraction of sp³-hybridized carbons (Fsp3) is 0.103. The van der Waals surface area contributed by atoms with Gasteiger partial charge in [-0.25, -0.2) is 0 Å². The molecule has 0 saturated heterocycles. The van der Waals surface area contributed by atoms with Gasteiger partial charge in [0.1, 0.15) is 0 Å². The number of para-hydroxylation sites is 1. The van der Waals surface area contributed by atoms with Crippen molar-refractivity contribution in [3.05, 3.63) is 138 Å². The molecule has 0 saturated carbocycles. The third-order valence-corrected chi connectivity index (χ3v) is 5.59. The third-order valence-electron chi connectivity index (χ3n) is 5.59. The van der Waals surface area contributed by atoms with Crippen LogP contribution in [0.25, 0.3) is 0 Å². The molecule has 1 N–H and O–H groups in total. The van der Waals surface area contributed by atoms with Crippen LogP contribution in [0, 0.1) is 0 Å². The van der Waals surface area contributed by atoms with Crippen molar-refractivity contribution in [3.63, 3.8) is 0 Å². The minimum Gasteiger partial charge on any atom is -0.326 e. The van der Waals surface area contributed by atoms with Gasteiger partial charge in [-0.3, -0.25) is 9.59 Å². The van der Waals surface area contributed by atoms with Crippen molar-refractivity contribution >= 4 is 17.4 Å². The Morgan fingerprint density at radius 3 is 1.62 bits per heavy atom. The number of carbonyl (C=O) groups excluding carboxylic acids is 2. The van der Waals surface area contributed by atoms with E-state index in [1.807, 2.05) is 121 Å². The van der Waals surface area contributed by atoms with Crippen LogP contribution >= 0.6 is 0 Å². The SMILES string of the molecule is O=C(CC(c1ccccc1)C(C(=O)c1ccccc1)c1ccccc1)Nc1ccccc1. The van der Waals surface area contributed by atoms with Crippen LogP contribution in [0.5, 0.6) is 0 Å². The summed E-state index contributed by atoms with van der Waals surface area (Å²) in [6.45, 7) is 0. The van der Waals surface area contributed by atoms with Crippen LogP contribution < -0.4 is 5.32 Å². The summed E-state index contributed by atoms with van der Waals surface area (Å²) in [5, 5.41) is 2.98. The smallest absolute Gasteiger partial charge is 0.225 e. The highest BCUT2D eigenvalue weighted by molar-refractivity contribution is 6.02. The van der Waals surface area contributed by atoms with Crippen molar-refractivity contribution in [2.45, 2.75) is 18.3 Å². The van der Waals surface area contributed by atoms with Crippen LogP contribution in [0.15, 0.2) is 121 Å². The molecule has 0 radical (unpaired) electrons. The van der Waals surface area contributed by atoms with Gasteiger partial charge in [0, 0.05) is 23.6 Å². The zero-order valence-corrected chi connectivity index (χ0v) is 17.7. The number of carbonyl (C=O) groups is 2. The van der Waals surface area contributed by atoms with E-state index in [2.05, 4.69) is 5.32 Å². The number of hydrogen-bond acceptors (Lipinski definition) is 2. The van der Waals surface area contributed by atoms with Gasteiger partial charge in [-0.15, -0.1) is 0 Å². The first-order valence-corrected chi connectivity index (χ1v) is 10.8. The monoisotopic (exact) mass is 419 g/mol. The predicted molar refractivity (Wildman–Crippen MR) is 129 cm³/mol. The Morgan fingerprint density at radius 2 is 1.06 bits per heavy atom. The van der Waals surface area contributed by atoms with E-state index in [0.29, 0.717) is 5.56 Å². The molecule has 0 aromatic heterocycles. The molecule has 4 aromatic carbocycles. The fourth-order valence-electron chi connectivity index (χ4n) is 4.07. The van der Waals surface area contributed by atoms with Crippen molar-refractivity contribution in [1.29, 1.82) is 0 Å². The van der Waals surface area contributed by atoms with Crippen molar-refractivity contribution in [2.75, 3.05) is 5.32 Å². The molecular formula is C29H25NO2. The minimum absolute atomic E-state index is 0.0122. The average molecular weight is 420 g/mol. The summed E-state index contributed by atoms with van der Waals surface area (Å²) in [4.78, 5) is 26.8. The lowest BCUT2D eigenvalue weighted by Gasteiger charge is -2.27. The number of amides is 1. The van der Waals surface area contributed by atoms with E-state index in [0.717, 1.165) is 16.8 Å². The van der Waals surface area contributed by atoms with Crippen molar-refractivity contribution in [3.8, 4) is 0 Å². The van der Waals surface area contributed by atoms with E-state index in [1.165, 1.54) is 0 Å². The molecule has 0 spiro atoms. The molecule has 0 aliphatic rings. The largest absolute Gasteiger partial charge is 0.326 e. The lowest BCUT2D eigenvalue weighted by molar-refractivity contribution is -0.116. The van der Waals surface area contributed by atoms with Gasteiger partial charge in [-0.2, -0.15) is 0 Å². The minimum atomic E-state index is -0.484. The molecule has 2 unspecified atom stereocenters. The number of hydrogen-bond donors (Lipinski definition) is 1. The second kappa shape index (κ2) is 10.4. The van der Waals surface area contributed by atoms with E-state index < -0.39 is 5.92 Å². The van der Waals surface area contributed by atoms with Gasteiger partial charge in [0.25, 0.3) is 0 Å². The molecule has 3 nitrogen and oxygen atoms in total. The van der Waals surface area contributed by atoms with Crippen molar-refractivity contribution in [2.24, 2.45) is 0 Å². The van der Waals surface area contributed by atoms with Crippen molar-refractivity contribution in [1.82, 2.24) is 0 Å². The van der Waals surface area contributed by atoms with Crippen LogP contribution in [0.3, 0.4) is 0 Å². The van der Waals surface area contributed by atoms with Crippen LogP contribution in [0.4, 0.5) is 5.69 Å². The summed E-state index contributed by atoms with van der Waals surface area (Å²) in [6, 6.07) is 38.3. The Hall–Kier alpha value is -3.98. The van der Waals surface area contributed by atoms with Gasteiger partial charge in [0.05, 0.1) is 5.92 Å². The Bertz CT molecular complexity index is 1140. The van der Waals surface area contributed by atoms with E-state index in [4.69, 9.17) is 0 Å². The molecule has 3 heteroatoms. The Morgan fingerprint density at radius 1 is 0.594 bits per heavy atom. The summed E-state index contributed by atoms with van der Waals surface area (Å²) in [7, 11) is 0. The number of ketones is 1. The van der Waals surface area contributed by atoms with E-state index in [1.54, 1.807) is 0 Å². The maximum Gasteiger partial charge on any atom is 0.225 e. The second-order valence-corrected chi connectivity index (χ2v) is 7.75. The van der Waals surface area contributed by atoms with Gasteiger partial charge in [-0.05, 0) is 23.3 Å². The molecule has 1 amide bonds. The molecule has 4 aromatic rings. The first kappa shape index (κ1) is 21.3. The number of nitrogens with one attached hydrogen (secondary N) is 1. The van der Waals surface area contributed by atoms with Crippen LogP contribution in [0.2, 0.25) is 0 Å². The maximum absolute atomic E-state index is 13.8. The Balaban J connectivity index is 1.73. The van der Waals surface area contributed by atoms with Crippen LogP contribution in [0.1, 0.15) is 39.7 Å². The highest BCUT2D eigenvalue weighted by Crippen LogP contribution is 2.38. The molecule has 2 atom stereocenters. The van der Waals surface area contributed by atoms with E-state index in [9.17, 15) is 9.59 Å². The first-order valence-electron chi connectivity index (χ1n) is 10.8. The second-order valence-electron chi connectivity index (χ2n) is 7.75. The third kappa shape index (κ3) is 5.19. The highest BCUT2D eigenvalue weighted by Gasteiger charge is 2.33. The molecule has 4 rings (SSSR count). The molecule has 0 fully saturated rings. The van der Waals surface area contributed by atoms with Crippen LogP contribution in [-0.4, -0.2) is 11.7 Å². The average Bonchev–Trinajstić information content (AvgIpc) is 2.86. The van der Waals surface area contributed by atoms with E-state index >= 15 is 0 Å². The lowest BCUT2D eigenvalue weighted by atomic mass is 9.75. The molecular weight excluding hydrogens is 394 g/mol.